The highest BCUT2D eigenvalue weighted by Gasteiger charge is 2.15. The first-order chi connectivity index (χ1) is 12.0. The standard InChI is InChI=1S/C21H28N4/c1-6-24-16(5)17(11-22)10-18-12-23-13-25-21(18)19-8-7-15(4)9-20(19)14(2)3/h7-9,11-14,22,24H,6,10H2,1-5H3/b17-16-,22-11?. The van der Waals surface area contributed by atoms with Crippen LogP contribution in [0.25, 0.3) is 11.3 Å². The fraction of sp³-hybridized carbons (Fsp3) is 0.381. The molecule has 0 aliphatic carbocycles. The first-order valence-corrected chi connectivity index (χ1v) is 8.81. The van der Waals surface area contributed by atoms with Crippen LogP contribution < -0.4 is 5.32 Å². The summed E-state index contributed by atoms with van der Waals surface area (Å²) >= 11 is 0. The third-order valence-corrected chi connectivity index (χ3v) is 4.35. The molecule has 0 fully saturated rings. The molecule has 0 bridgehead atoms. The summed E-state index contributed by atoms with van der Waals surface area (Å²) in [4.78, 5) is 8.81. The Balaban J connectivity index is 2.53. The Labute approximate surface area is 150 Å². The number of hydrogen-bond acceptors (Lipinski definition) is 4. The van der Waals surface area contributed by atoms with Gasteiger partial charge in [0.05, 0.1) is 5.69 Å². The van der Waals surface area contributed by atoms with E-state index in [1.54, 1.807) is 6.33 Å². The molecule has 0 atom stereocenters. The van der Waals surface area contributed by atoms with Crippen LogP contribution in [0.3, 0.4) is 0 Å². The highest BCUT2D eigenvalue weighted by Crippen LogP contribution is 2.31. The molecule has 0 spiro atoms. The Morgan fingerprint density at radius 2 is 2.08 bits per heavy atom. The minimum atomic E-state index is 0.416. The van der Waals surface area contributed by atoms with Crippen LogP contribution in [0.15, 0.2) is 42.0 Å². The summed E-state index contributed by atoms with van der Waals surface area (Å²) in [7, 11) is 0. The lowest BCUT2D eigenvalue weighted by atomic mass is 9.91. The van der Waals surface area contributed by atoms with Crippen LogP contribution in [0.2, 0.25) is 0 Å². The van der Waals surface area contributed by atoms with Crippen LogP contribution >= 0.6 is 0 Å². The molecular formula is C21H28N4. The fourth-order valence-corrected chi connectivity index (χ4v) is 2.98. The number of aryl methyl sites for hydroxylation is 1. The molecule has 25 heavy (non-hydrogen) atoms. The Hall–Kier alpha value is -2.49. The second kappa shape index (κ2) is 8.56. The van der Waals surface area contributed by atoms with Crippen LogP contribution in [-0.4, -0.2) is 22.7 Å². The van der Waals surface area contributed by atoms with E-state index in [9.17, 15) is 0 Å². The molecule has 2 aromatic rings. The topological polar surface area (TPSA) is 61.7 Å². The lowest BCUT2D eigenvalue weighted by Gasteiger charge is -2.16. The number of nitrogens with one attached hydrogen (secondary N) is 2. The van der Waals surface area contributed by atoms with E-state index >= 15 is 0 Å². The first kappa shape index (κ1) is 18.8. The van der Waals surface area contributed by atoms with E-state index in [4.69, 9.17) is 5.41 Å². The predicted octanol–water partition coefficient (Wildman–Crippen LogP) is 4.65. The predicted molar refractivity (Wildman–Crippen MR) is 105 cm³/mol. The third kappa shape index (κ3) is 4.53. The van der Waals surface area contributed by atoms with Crippen molar-refractivity contribution in [3.63, 3.8) is 0 Å². The zero-order chi connectivity index (χ0) is 18.4. The number of hydrogen-bond donors (Lipinski definition) is 2. The number of nitrogens with zero attached hydrogens (tertiary/aromatic N) is 2. The van der Waals surface area contributed by atoms with E-state index < -0.39 is 0 Å². The highest BCUT2D eigenvalue weighted by atomic mass is 14.9. The van der Waals surface area contributed by atoms with Gasteiger partial charge >= 0.3 is 0 Å². The average Bonchev–Trinajstić information content (AvgIpc) is 2.60. The number of allylic oxidation sites excluding steroid dienone is 2. The summed E-state index contributed by atoms with van der Waals surface area (Å²) in [6, 6.07) is 6.52. The molecular weight excluding hydrogens is 308 g/mol. The van der Waals surface area contributed by atoms with Crippen LogP contribution in [0.4, 0.5) is 0 Å². The number of aromatic nitrogens is 2. The molecule has 2 rings (SSSR count). The smallest absolute Gasteiger partial charge is 0.116 e. The van der Waals surface area contributed by atoms with Crippen molar-refractivity contribution in [1.29, 1.82) is 5.41 Å². The zero-order valence-electron chi connectivity index (χ0n) is 15.9. The molecule has 0 aliphatic heterocycles. The van der Waals surface area contributed by atoms with Gasteiger partial charge in [-0.1, -0.05) is 37.6 Å². The maximum Gasteiger partial charge on any atom is 0.116 e. The van der Waals surface area contributed by atoms with Crippen molar-refractivity contribution in [1.82, 2.24) is 15.3 Å². The van der Waals surface area contributed by atoms with Gasteiger partial charge in [-0.15, -0.1) is 0 Å². The van der Waals surface area contributed by atoms with Gasteiger partial charge in [0.25, 0.3) is 0 Å². The van der Waals surface area contributed by atoms with Gasteiger partial charge in [-0.05, 0) is 37.8 Å². The molecule has 2 N–H and O–H groups in total. The molecule has 0 unspecified atom stereocenters. The van der Waals surface area contributed by atoms with Crippen molar-refractivity contribution in [2.24, 2.45) is 0 Å². The van der Waals surface area contributed by atoms with Gasteiger partial charge in [0.2, 0.25) is 0 Å². The van der Waals surface area contributed by atoms with Gasteiger partial charge in [-0.25, -0.2) is 9.97 Å². The van der Waals surface area contributed by atoms with Gasteiger partial charge in [0, 0.05) is 42.2 Å². The summed E-state index contributed by atoms with van der Waals surface area (Å²) in [5.74, 6) is 0.416. The molecule has 0 aliphatic rings. The maximum absolute atomic E-state index is 7.77. The summed E-state index contributed by atoms with van der Waals surface area (Å²) in [5.41, 5.74) is 7.70. The Morgan fingerprint density at radius 1 is 1.32 bits per heavy atom. The largest absolute Gasteiger partial charge is 0.389 e. The second-order valence-electron chi connectivity index (χ2n) is 6.64. The summed E-state index contributed by atoms with van der Waals surface area (Å²) < 4.78 is 0. The van der Waals surface area contributed by atoms with Crippen molar-refractivity contribution in [3.05, 3.63) is 58.7 Å². The van der Waals surface area contributed by atoms with E-state index in [1.165, 1.54) is 17.3 Å². The van der Waals surface area contributed by atoms with Crippen molar-refractivity contribution >= 4 is 6.21 Å². The molecule has 0 saturated carbocycles. The number of rotatable bonds is 7. The van der Waals surface area contributed by atoms with Crippen LogP contribution in [0, 0.1) is 12.3 Å². The molecule has 132 valence electrons. The van der Waals surface area contributed by atoms with E-state index in [2.05, 4.69) is 61.2 Å². The van der Waals surface area contributed by atoms with Crippen molar-refractivity contribution in [2.45, 2.75) is 47.0 Å². The zero-order valence-corrected chi connectivity index (χ0v) is 15.9. The average molecular weight is 336 g/mol. The molecule has 1 heterocycles. The van der Waals surface area contributed by atoms with Crippen molar-refractivity contribution in [3.8, 4) is 11.3 Å². The van der Waals surface area contributed by atoms with E-state index in [0.717, 1.165) is 34.6 Å². The van der Waals surface area contributed by atoms with E-state index in [-0.39, 0.29) is 0 Å². The minimum absolute atomic E-state index is 0.416. The Morgan fingerprint density at radius 3 is 2.72 bits per heavy atom. The summed E-state index contributed by atoms with van der Waals surface area (Å²) in [6.07, 6.45) is 5.54. The van der Waals surface area contributed by atoms with Crippen LogP contribution in [0.1, 0.15) is 50.3 Å². The molecule has 0 amide bonds. The normalized spacial score (nSPS) is 12.1. The van der Waals surface area contributed by atoms with Crippen LogP contribution in [0.5, 0.6) is 0 Å². The Bertz CT molecular complexity index is 775. The second-order valence-corrected chi connectivity index (χ2v) is 6.64. The van der Waals surface area contributed by atoms with Gasteiger partial charge in [0.15, 0.2) is 0 Å². The molecule has 4 heteroatoms. The van der Waals surface area contributed by atoms with Crippen molar-refractivity contribution < 1.29 is 0 Å². The van der Waals surface area contributed by atoms with Crippen LogP contribution in [-0.2, 0) is 6.42 Å². The number of benzene rings is 1. The maximum atomic E-state index is 7.77. The Kier molecular flexibility index (Phi) is 6.45. The van der Waals surface area contributed by atoms with Crippen molar-refractivity contribution in [2.75, 3.05) is 6.54 Å². The van der Waals surface area contributed by atoms with E-state index in [1.807, 2.05) is 13.1 Å². The fourth-order valence-electron chi connectivity index (χ4n) is 2.98. The molecule has 1 aromatic heterocycles. The molecule has 0 saturated heterocycles. The summed E-state index contributed by atoms with van der Waals surface area (Å²) in [5, 5.41) is 11.1. The molecule has 1 aromatic carbocycles. The van der Waals surface area contributed by atoms with Gasteiger partial charge in [-0.3, -0.25) is 0 Å². The first-order valence-electron chi connectivity index (χ1n) is 8.81. The van der Waals surface area contributed by atoms with Gasteiger partial charge in [0.1, 0.15) is 6.33 Å². The molecule has 0 radical (unpaired) electrons. The van der Waals surface area contributed by atoms with Gasteiger partial charge < -0.3 is 10.7 Å². The minimum Gasteiger partial charge on any atom is -0.389 e. The van der Waals surface area contributed by atoms with E-state index in [0.29, 0.717) is 12.3 Å². The third-order valence-electron chi connectivity index (χ3n) is 4.35. The SMILES string of the molecule is CCN/C(C)=C(\C=N)Cc1cncnc1-c1ccc(C)cc1C(C)C. The lowest BCUT2D eigenvalue weighted by molar-refractivity contribution is 0.839. The lowest BCUT2D eigenvalue weighted by Crippen LogP contribution is -2.14. The highest BCUT2D eigenvalue weighted by molar-refractivity contribution is 5.79. The van der Waals surface area contributed by atoms with Gasteiger partial charge in [-0.2, -0.15) is 0 Å². The summed E-state index contributed by atoms with van der Waals surface area (Å²) in [6.45, 7) is 11.4. The quantitative estimate of drug-likeness (QED) is 0.723. The monoisotopic (exact) mass is 336 g/mol. The molecule has 4 nitrogen and oxygen atoms in total.